The number of nitrogens with one attached hydrogen (secondary N) is 2. The van der Waals surface area contributed by atoms with Gasteiger partial charge in [0.25, 0.3) is 0 Å². The normalized spacial score (nSPS) is 17.6. The summed E-state index contributed by atoms with van der Waals surface area (Å²) in [6.45, 7) is 0.248. The quantitative estimate of drug-likeness (QED) is 0.451. The van der Waals surface area contributed by atoms with Gasteiger partial charge in [0.1, 0.15) is 13.2 Å². The molecule has 2 aromatic carbocycles. The molecular formula is C25H29ClN2O6. The Hall–Kier alpha value is -3.10. The van der Waals surface area contributed by atoms with Crippen molar-refractivity contribution in [1.82, 2.24) is 5.32 Å². The van der Waals surface area contributed by atoms with E-state index in [1.807, 2.05) is 48.5 Å². The van der Waals surface area contributed by atoms with Crippen molar-refractivity contribution in [3.8, 4) is 11.1 Å². The number of carbonyl (C=O) groups is 3. The van der Waals surface area contributed by atoms with Crippen molar-refractivity contribution in [3.63, 3.8) is 0 Å². The van der Waals surface area contributed by atoms with Crippen molar-refractivity contribution in [2.45, 2.75) is 25.7 Å². The number of aliphatic carboxylic acids is 1. The van der Waals surface area contributed by atoms with Gasteiger partial charge < -0.3 is 19.9 Å². The van der Waals surface area contributed by atoms with Gasteiger partial charge in [0.05, 0.1) is 18.9 Å². The van der Waals surface area contributed by atoms with Crippen LogP contribution in [0.3, 0.4) is 0 Å². The van der Waals surface area contributed by atoms with E-state index in [0.717, 1.165) is 36.8 Å². The van der Waals surface area contributed by atoms with E-state index in [4.69, 9.17) is 26.2 Å². The first kappa shape index (κ1) is 25.5. The van der Waals surface area contributed by atoms with Gasteiger partial charge in [-0.25, -0.2) is 4.79 Å². The van der Waals surface area contributed by atoms with E-state index in [1.54, 1.807) is 0 Å². The molecule has 0 bridgehead atoms. The van der Waals surface area contributed by atoms with E-state index in [-0.39, 0.29) is 12.5 Å². The molecule has 2 amide bonds. The molecule has 9 heteroatoms. The monoisotopic (exact) mass is 488 g/mol. The predicted octanol–water partition coefficient (Wildman–Crippen LogP) is 4.58. The number of carboxylic acids is 1. The van der Waals surface area contributed by atoms with Crippen LogP contribution in [-0.4, -0.2) is 49.4 Å². The minimum atomic E-state index is -1.09. The molecular weight excluding hydrogens is 460 g/mol. The molecule has 1 aliphatic rings. The van der Waals surface area contributed by atoms with Gasteiger partial charge in [-0.2, -0.15) is 0 Å². The van der Waals surface area contributed by atoms with E-state index < -0.39 is 24.5 Å². The summed E-state index contributed by atoms with van der Waals surface area (Å²) in [5.41, 5.74) is 2.50. The molecule has 3 rings (SSSR count). The Morgan fingerprint density at radius 3 is 2.26 bits per heavy atom. The van der Waals surface area contributed by atoms with Crippen LogP contribution in [0.4, 0.5) is 10.5 Å². The molecule has 8 nitrogen and oxygen atoms in total. The first-order valence-corrected chi connectivity index (χ1v) is 11.6. The molecule has 182 valence electrons. The maximum absolute atomic E-state index is 12.4. The zero-order chi connectivity index (χ0) is 24.3. The number of carboxylic acid groups (broad SMARTS) is 1. The number of carbonyl (C=O) groups excluding carboxylic acids is 2. The van der Waals surface area contributed by atoms with Gasteiger partial charge in [0.15, 0.2) is 0 Å². The van der Waals surface area contributed by atoms with Gasteiger partial charge in [-0.3, -0.25) is 14.9 Å². The van der Waals surface area contributed by atoms with Gasteiger partial charge in [0.2, 0.25) is 5.91 Å². The number of halogens is 1. The SMILES string of the molecule is O=C(O)CNC(=O)COCC1CCC(COC(=O)Nc2ccccc2-c2ccc(Cl)cc2)CC1. The van der Waals surface area contributed by atoms with E-state index in [1.165, 1.54) is 0 Å². The number of anilines is 1. The highest BCUT2D eigenvalue weighted by atomic mass is 35.5. The Morgan fingerprint density at radius 2 is 1.59 bits per heavy atom. The predicted molar refractivity (Wildman–Crippen MR) is 129 cm³/mol. The lowest BCUT2D eigenvalue weighted by Gasteiger charge is -2.28. The number of amides is 2. The molecule has 1 fully saturated rings. The highest BCUT2D eigenvalue weighted by Gasteiger charge is 2.23. The summed E-state index contributed by atoms with van der Waals surface area (Å²) in [5.74, 6) is -0.905. The molecule has 0 unspecified atom stereocenters. The Morgan fingerprint density at radius 1 is 0.941 bits per heavy atom. The third kappa shape index (κ3) is 8.35. The lowest BCUT2D eigenvalue weighted by Crippen LogP contribution is -2.33. The topological polar surface area (TPSA) is 114 Å². The average molecular weight is 489 g/mol. The summed E-state index contributed by atoms with van der Waals surface area (Å²) in [5, 5.41) is 14.3. The van der Waals surface area contributed by atoms with Crippen LogP contribution in [0.25, 0.3) is 11.1 Å². The highest BCUT2D eigenvalue weighted by molar-refractivity contribution is 6.30. The summed E-state index contributed by atoms with van der Waals surface area (Å²) in [7, 11) is 0. The third-order valence-corrected chi connectivity index (χ3v) is 6.01. The van der Waals surface area contributed by atoms with Crippen LogP contribution in [0.5, 0.6) is 0 Å². The molecule has 34 heavy (non-hydrogen) atoms. The molecule has 1 aliphatic carbocycles. The fourth-order valence-electron chi connectivity index (χ4n) is 3.92. The summed E-state index contributed by atoms with van der Waals surface area (Å²) < 4.78 is 10.9. The fraction of sp³-hybridized carbons (Fsp3) is 0.400. The fourth-order valence-corrected chi connectivity index (χ4v) is 4.05. The second kappa shape index (κ2) is 13.0. The lowest BCUT2D eigenvalue weighted by atomic mass is 9.83. The Kier molecular flexibility index (Phi) is 9.73. The van der Waals surface area contributed by atoms with Crippen LogP contribution in [-0.2, 0) is 19.1 Å². The van der Waals surface area contributed by atoms with E-state index in [2.05, 4.69) is 10.6 Å². The van der Waals surface area contributed by atoms with Gasteiger partial charge in [-0.05, 0) is 61.3 Å². The molecule has 0 spiro atoms. The summed E-state index contributed by atoms with van der Waals surface area (Å²) >= 11 is 5.98. The standard InChI is InChI=1S/C25H29ClN2O6/c26-20-11-9-19(10-12-20)21-3-1-2-4-22(21)28-25(32)34-15-18-7-5-17(6-8-18)14-33-16-23(29)27-13-24(30)31/h1-4,9-12,17-18H,5-8,13-16H2,(H,27,29)(H,28,32)(H,30,31). The largest absolute Gasteiger partial charge is 0.480 e. The number of benzene rings is 2. The van der Waals surface area contributed by atoms with Crippen molar-refractivity contribution < 1.29 is 29.0 Å². The van der Waals surface area contributed by atoms with Crippen LogP contribution in [0.15, 0.2) is 48.5 Å². The smallest absolute Gasteiger partial charge is 0.411 e. The number of para-hydroxylation sites is 1. The number of rotatable bonds is 10. The molecule has 0 radical (unpaired) electrons. The van der Waals surface area contributed by atoms with Crippen LogP contribution >= 0.6 is 11.6 Å². The average Bonchev–Trinajstić information content (AvgIpc) is 2.83. The molecule has 0 saturated heterocycles. The van der Waals surface area contributed by atoms with Crippen molar-refractivity contribution in [3.05, 3.63) is 53.6 Å². The molecule has 0 heterocycles. The van der Waals surface area contributed by atoms with Crippen molar-refractivity contribution >= 4 is 35.3 Å². The Bertz CT molecular complexity index is 974. The first-order chi connectivity index (χ1) is 16.4. The van der Waals surface area contributed by atoms with Crippen LogP contribution in [0, 0.1) is 11.8 Å². The van der Waals surface area contributed by atoms with Crippen molar-refractivity contribution in [2.24, 2.45) is 11.8 Å². The van der Waals surface area contributed by atoms with Crippen molar-refractivity contribution in [1.29, 1.82) is 0 Å². The molecule has 0 atom stereocenters. The van der Waals surface area contributed by atoms with E-state index >= 15 is 0 Å². The summed E-state index contributed by atoms with van der Waals surface area (Å²) in [6.07, 6.45) is 3.18. The molecule has 2 aromatic rings. The lowest BCUT2D eigenvalue weighted by molar-refractivity contribution is -0.138. The van der Waals surface area contributed by atoms with Gasteiger partial charge in [0, 0.05) is 10.6 Å². The molecule has 0 aromatic heterocycles. The Balaban J connectivity index is 1.36. The first-order valence-electron chi connectivity index (χ1n) is 11.3. The Labute approximate surface area is 203 Å². The highest BCUT2D eigenvalue weighted by Crippen LogP contribution is 2.30. The maximum atomic E-state index is 12.4. The van der Waals surface area contributed by atoms with Gasteiger partial charge in [-0.15, -0.1) is 0 Å². The molecule has 1 saturated carbocycles. The van der Waals surface area contributed by atoms with Crippen LogP contribution in [0.2, 0.25) is 5.02 Å². The zero-order valence-corrected chi connectivity index (χ0v) is 19.6. The van der Waals surface area contributed by atoms with Gasteiger partial charge >= 0.3 is 12.1 Å². The minimum Gasteiger partial charge on any atom is -0.480 e. The summed E-state index contributed by atoms with van der Waals surface area (Å²) in [6, 6.07) is 14.9. The van der Waals surface area contributed by atoms with Crippen LogP contribution < -0.4 is 10.6 Å². The number of ether oxygens (including phenoxy) is 2. The zero-order valence-electron chi connectivity index (χ0n) is 18.8. The second-order valence-electron chi connectivity index (χ2n) is 8.35. The minimum absolute atomic E-state index is 0.145. The molecule has 3 N–H and O–H groups in total. The van der Waals surface area contributed by atoms with Crippen molar-refractivity contribution in [2.75, 3.05) is 31.7 Å². The van der Waals surface area contributed by atoms with E-state index in [9.17, 15) is 14.4 Å². The number of hydrogen-bond donors (Lipinski definition) is 3. The summed E-state index contributed by atoms with van der Waals surface area (Å²) in [4.78, 5) is 34.3. The van der Waals surface area contributed by atoms with Crippen LogP contribution in [0.1, 0.15) is 25.7 Å². The molecule has 0 aliphatic heterocycles. The van der Waals surface area contributed by atoms with E-state index in [0.29, 0.717) is 29.8 Å². The number of hydrogen-bond acceptors (Lipinski definition) is 5. The third-order valence-electron chi connectivity index (χ3n) is 5.76. The van der Waals surface area contributed by atoms with Gasteiger partial charge in [-0.1, -0.05) is 41.9 Å². The maximum Gasteiger partial charge on any atom is 0.411 e. The second-order valence-corrected chi connectivity index (χ2v) is 8.78.